The van der Waals surface area contributed by atoms with Crippen molar-refractivity contribution >= 4 is 40.4 Å². The van der Waals surface area contributed by atoms with Gasteiger partial charge < -0.3 is 14.8 Å². The number of amides is 1. The summed E-state index contributed by atoms with van der Waals surface area (Å²) in [5.41, 5.74) is 1.54. The average molecular weight is 395 g/mol. The average Bonchev–Trinajstić information content (AvgIpc) is 3.00. The maximum absolute atomic E-state index is 12.2. The zero-order valence-corrected chi connectivity index (χ0v) is 16.1. The third-order valence-electron chi connectivity index (χ3n) is 5.41. The van der Waals surface area contributed by atoms with E-state index in [2.05, 4.69) is 10.3 Å². The van der Waals surface area contributed by atoms with E-state index in [9.17, 15) is 9.90 Å². The van der Waals surface area contributed by atoms with Gasteiger partial charge in [0.2, 0.25) is 5.91 Å². The first-order chi connectivity index (χ1) is 12.6. The molecule has 2 N–H and O–H groups in total. The maximum Gasteiger partial charge on any atom is 0.225 e. The molecule has 26 heavy (non-hydrogen) atoms. The fraction of sp³-hybridized carbons (Fsp3) is 0.579. The molecule has 4 rings (SSSR count). The van der Waals surface area contributed by atoms with Crippen LogP contribution >= 0.6 is 23.4 Å². The monoisotopic (exact) mass is 394 g/mol. The van der Waals surface area contributed by atoms with Gasteiger partial charge >= 0.3 is 0 Å². The lowest BCUT2D eigenvalue weighted by Crippen LogP contribution is -2.42. The molecule has 140 valence electrons. The molecule has 0 radical (unpaired) electrons. The minimum Gasteiger partial charge on any atom is -0.440 e. The Balaban J connectivity index is 1.25. The van der Waals surface area contributed by atoms with E-state index in [1.165, 1.54) is 0 Å². The Bertz CT molecular complexity index is 784. The lowest BCUT2D eigenvalue weighted by atomic mass is 9.73. The topological polar surface area (TPSA) is 75.4 Å². The van der Waals surface area contributed by atoms with Gasteiger partial charge in [0, 0.05) is 16.9 Å². The quantitative estimate of drug-likeness (QED) is 0.751. The fourth-order valence-electron chi connectivity index (χ4n) is 3.84. The third kappa shape index (κ3) is 4.02. The summed E-state index contributed by atoms with van der Waals surface area (Å²) in [5.74, 6) is 3.55. The molecule has 7 heteroatoms. The minimum atomic E-state index is -0.759. The summed E-state index contributed by atoms with van der Waals surface area (Å²) < 4.78 is 5.82. The number of carbonyl (C=O) groups is 1. The van der Waals surface area contributed by atoms with Crippen LogP contribution in [0.4, 0.5) is 0 Å². The second-order valence-corrected chi connectivity index (χ2v) is 9.01. The molecule has 0 spiro atoms. The van der Waals surface area contributed by atoms with Crippen LogP contribution in [0.5, 0.6) is 0 Å². The molecule has 2 fully saturated rings. The van der Waals surface area contributed by atoms with E-state index in [1.807, 2.05) is 23.9 Å². The van der Waals surface area contributed by atoms with Gasteiger partial charge in [0.1, 0.15) is 11.7 Å². The lowest BCUT2D eigenvalue weighted by molar-refractivity contribution is -0.128. The summed E-state index contributed by atoms with van der Waals surface area (Å²) in [6.07, 6.45) is 3.51. The number of aromatic nitrogens is 1. The van der Waals surface area contributed by atoms with Gasteiger partial charge in [0.05, 0.1) is 0 Å². The van der Waals surface area contributed by atoms with Crippen LogP contribution < -0.4 is 5.32 Å². The van der Waals surface area contributed by atoms with E-state index in [1.54, 1.807) is 6.07 Å². The van der Waals surface area contributed by atoms with E-state index in [0.717, 1.165) is 54.2 Å². The van der Waals surface area contributed by atoms with Crippen molar-refractivity contribution in [2.75, 3.05) is 11.5 Å². The van der Waals surface area contributed by atoms with Crippen molar-refractivity contribution < 1.29 is 14.3 Å². The maximum atomic E-state index is 12.2. The molecule has 0 unspecified atom stereocenters. The SMILES string of the molecule is O=C(N[C@@H](O)CC1CC(c2nc3cc(Cl)ccc3o2)C1)C1CCSCC1. The predicted octanol–water partition coefficient (Wildman–Crippen LogP) is 3.94. The molecule has 2 heterocycles. The van der Waals surface area contributed by atoms with Gasteiger partial charge in [-0.1, -0.05) is 11.6 Å². The third-order valence-corrected chi connectivity index (χ3v) is 6.69. The molecule has 1 amide bonds. The van der Waals surface area contributed by atoms with Gasteiger partial charge in [-0.2, -0.15) is 11.8 Å². The molecule has 0 bridgehead atoms. The first-order valence-corrected chi connectivity index (χ1v) is 10.7. The highest BCUT2D eigenvalue weighted by Crippen LogP contribution is 2.44. The molecule has 2 aliphatic rings. The molecule has 1 aromatic heterocycles. The molecular weight excluding hydrogens is 372 g/mol. The number of thioether (sulfide) groups is 1. The molecule has 5 nitrogen and oxygen atoms in total. The zero-order valence-electron chi connectivity index (χ0n) is 14.5. The highest BCUT2D eigenvalue weighted by molar-refractivity contribution is 7.99. The molecule has 2 aromatic rings. The predicted molar refractivity (Wildman–Crippen MR) is 103 cm³/mol. The number of hydrogen-bond donors (Lipinski definition) is 2. The highest BCUT2D eigenvalue weighted by atomic mass is 35.5. The van der Waals surface area contributed by atoms with Gasteiger partial charge in [0.15, 0.2) is 11.5 Å². The van der Waals surface area contributed by atoms with Gasteiger partial charge in [-0.15, -0.1) is 0 Å². The van der Waals surface area contributed by atoms with Crippen LogP contribution in [0.3, 0.4) is 0 Å². The Hall–Kier alpha value is -1.24. The first kappa shape index (κ1) is 18.1. The summed E-state index contributed by atoms with van der Waals surface area (Å²) in [4.78, 5) is 16.7. The fourth-order valence-corrected chi connectivity index (χ4v) is 5.11. The van der Waals surface area contributed by atoms with Gasteiger partial charge in [-0.3, -0.25) is 4.79 Å². The number of oxazole rings is 1. The summed E-state index contributed by atoms with van der Waals surface area (Å²) in [6.45, 7) is 0. The van der Waals surface area contributed by atoms with Crippen molar-refractivity contribution in [2.24, 2.45) is 11.8 Å². The van der Waals surface area contributed by atoms with Crippen molar-refractivity contribution in [3.05, 3.63) is 29.1 Å². The number of benzene rings is 1. The zero-order chi connectivity index (χ0) is 18.1. The molecule has 1 aliphatic carbocycles. The molecule has 1 saturated heterocycles. The van der Waals surface area contributed by atoms with E-state index in [0.29, 0.717) is 17.4 Å². The van der Waals surface area contributed by atoms with Crippen molar-refractivity contribution in [1.82, 2.24) is 10.3 Å². The van der Waals surface area contributed by atoms with Crippen LogP contribution in [-0.4, -0.2) is 33.7 Å². The summed E-state index contributed by atoms with van der Waals surface area (Å²) in [6, 6.07) is 5.45. The molecule has 1 aliphatic heterocycles. The smallest absolute Gasteiger partial charge is 0.225 e. The second kappa shape index (κ2) is 7.79. The number of rotatable bonds is 5. The number of aliphatic hydroxyl groups is 1. The minimum absolute atomic E-state index is 0.00417. The summed E-state index contributed by atoms with van der Waals surface area (Å²) >= 11 is 7.88. The first-order valence-electron chi connectivity index (χ1n) is 9.20. The standard InChI is InChI=1S/C19H23ClN2O3S/c20-14-1-2-16-15(10-14)21-19(25-16)13-7-11(8-13)9-17(23)22-18(24)12-3-5-26-6-4-12/h1-2,10-13,17,23H,3-9H2,(H,22,24)/t11?,13?,17-/m0/s1. The van der Waals surface area contributed by atoms with Crippen LogP contribution in [0.25, 0.3) is 11.1 Å². The Morgan fingerprint density at radius 1 is 1.38 bits per heavy atom. The molecule has 1 saturated carbocycles. The van der Waals surface area contributed by atoms with E-state index < -0.39 is 6.23 Å². The van der Waals surface area contributed by atoms with E-state index in [4.69, 9.17) is 16.0 Å². The normalized spacial score (nSPS) is 25.0. The van der Waals surface area contributed by atoms with Gasteiger partial charge in [-0.25, -0.2) is 4.98 Å². The van der Waals surface area contributed by atoms with Crippen LogP contribution in [0.1, 0.15) is 43.9 Å². The lowest BCUT2D eigenvalue weighted by Gasteiger charge is -2.34. The number of carbonyl (C=O) groups excluding carboxylic acids is 1. The van der Waals surface area contributed by atoms with Crippen molar-refractivity contribution in [2.45, 2.75) is 44.2 Å². The summed E-state index contributed by atoms with van der Waals surface area (Å²) in [5, 5.41) is 13.6. The van der Waals surface area contributed by atoms with Gasteiger partial charge in [0.25, 0.3) is 0 Å². The Kier molecular flexibility index (Phi) is 5.43. The largest absolute Gasteiger partial charge is 0.440 e. The van der Waals surface area contributed by atoms with Crippen molar-refractivity contribution in [3.63, 3.8) is 0 Å². The van der Waals surface area contributed by atoms with Crippen LogP contribution in [0.15, 0.2) is 22.6 Å². The number of nitrogens with zero attached hydrogens (tertiary/aromatic N) is 1. The number of fused-ring (bicyclic) bond motifs is 1. The van der Waals surface area contributed by atoms with Crippen LogP contribution in [-0.2, 0) is 4.79 Å². The Labute approximate surface area is 161 Å². The second-order valence-electron chi connectivity index (χ2n) is 7.35. The number of nitrogens with one attached hydrogen (secondary N) is 1. The number of aliphatic hydroxyl groups excluding tert-OH is 1. The van der Waals surface area contributed by atoms with Crippen molar-refractivity contribution in [3.8, 4) is 0 Å². The Morgan fingerprint density at radius 3 is 2.92 bits per heavy atom. The summed E-state index contributed by atoms with van der Waals surface area (Å²) in [7, 11) is 0. The Morgan fingerprint density at radius 2 is 2.15 bits per heavy atom. The van der Waals surface area contributed by atoms with Crippen LogP contribution in [0, 0.1) is 11.8 Å². The van der Waals surface area contributed by atoms with Crippen LogP contribution in [0.2, 0.25) is 5.02 Å². The molecule has 1 atom stereocenters. The highest BCUT2D eigenvalue weighted by Gasteiger charge is 2.35. The van der Waals surface area contributed by atoms with Gasteiger partial charge in [-0.05, 0) is 67.7 Å². The number of halogens is 1. The van der Waals surface area contributed by atoms with E-state index in [-0.39, 0.29) is 17.7 Å². The molecular formula is C19H23ClN2O3S. The van der Waals surface area contributed by atoms with Crippen molar-refractivity contribution in [1.29, 1.82) is 0 Å². The molecule has 1 aromatic carbocycles. The number of hydrogen-bond acceptors (Lipinski definition) is 5. The van der Waals surface area contributed by atoms with E-state index >= 15 is 0 Å².